The summed E-state index contributed by atoms with van der Waals surface area (Å²) in [6, 6.07) is 12.0. The minimum absolute atomic E-state index is 0.0362. The fourth-order valence-corrected chi connectivity index (χ4v) is 3.32. The van der Waals surface area contributed by atoms with E-state index in [1.54, 1.807) is 24.3 Å². The van der Waals surface area contributed by atoms with Crippen LogP contribution in [0.2, 0.25) is 0 Å². The zero-order valence-corrected chi connectivity index (χ0v) is 17.8. The Bertz CT molecular complexity index is 978. The maximum absolute atomic E-state index is 12.4. The smallest absolute Gasteiger partial charge is 0.264 e. The van der Waals surface area contributed by atoms with Gasteiger partial charge in [0.2, 0.25) is 0 Å². The highest BCUT2D eigenvalue weighted by molar-refractivity contribution is 7.89. The number of sulfonamides is 1. The van der Waals surface area contributed by atoms with E-state index in [4.69, 9.17) is 4.84 Å². The predicted molar refractivity (Wildman–Crippen MR) is 110 cm³/mol. The fourth-order valence-electron chi connectivity index (χ4n) is 2.35. The van der Waals surface area contributed by atoms with Gasteiger partial charge in [-0.1, -0.05) is 4.47 Å². The van der Waals surface area contributed by atoms with Crippen molar-refractivity contribution in [2.24, 2.45) is 0 Å². The van der Waals surface area contributed by atoms with Crippen molar-refractivity contribution in [2.75, 3.05) is 19.5 Å². The lowest BCUT2D eigenvalue weighted by atomic mass is 10.1. The number of anilines is 1. The summed E-state index contributed by atoms with van der Waals surface area (Å²) < 4.78 is 25.1. The minimum Gasteiger partial charge on any atom is -0.347 e. The summed E-state index contributed by atoms with van der Waals surface area (Å²) in [4.78, 5) is 29.3. The molecular weight excluding hydrogens is 394 g/mol. The Morgan fingerprint density at radius 2 is 1.38 bits per heavy atom. The van der Waals surface area contributed by atoms with Gasteiger partial charge in [-0.25, -0.2) is 8.42 Å². The minimum atomic E-state index is -3.75. The van der Waals surface area contributed by atoms with Crippen LogP contribution in [-0.4, -0.2) is 44.4 Å². The molecule has 0 fully saturated rings. The Morgan fingerprint density at radius 1 is 0.897 bits per heavy atom. The molecule has 0 bridgehead atoms. The molecule has 0 radical (unpaired) electrons. The standard InChI is InChI=1S/C20H25N3O5S/c1-20(2,3)22-19(25)15-8-6-14(7-9-15)18(24)21-16-10-12-17(13-11-16)29(26,27)23(4)28-5/h6-13H,1-5H3,(H,21,24)(H,22,25). The molecule has 0 spiro atoms. The third-order valence-electron chi connectivity index (χ3n) is 3.90. The number of hydrogen-bond donors (Lipinski definition) is 2. The second-order valence-corrected chi connectivity index (χ2v) is 9.29. The summed E-state index contributed by atoms with van der Waals surface area (Å²) in [5.41, 5.74) is 0.898. The molecule has 8 nitrogen and oxygen atoms in total. The Morgan fingerprint density at radius 3 is 1.83 bits per heavy atom. The topological polar surface area (TPSA) is 105 Å². The summed E-state index contributed by atoms with van der Waals surface area (Å²) in [7, 11) is -1.21. The van der Waals surface area contributed by atoms with E-state index >= 15 is 0 Å². The number of carbonyl (C=O) groups excluding carboxylic acids is 2. The SMILES string of the molecule is CON(C)S(=O)(=O)c1ccc(NC(=O)c2ccc(C(=O)NC(C)(C)C)cc2)cc1. The normalized spacial score (nSPS) is 11.9. The van der Waals surface area contributed by atoms with Crippen LogP contribution in [0.3, 0.4) is 0 Å². The molecule has 29 heavy (non-hydrogen) atoms. The van der Waals surface area contributed by atoms with Gasteiger partial charge in [-0.2, -0.15) is 0 Å². The summed E-state index contributed by atoms with van der Waals surface area (Å²) >= 11 is 0. The first-order valence-corrected chi connectivity index (χ1v) is 10.2. The Hall–Kier alpha value is -2.75. The van der Waals surface area contributed by atoms with Gasteiger partial charge in [0.05, 0.1) is 12.0 Å². The number of rotatable bonds is 6. The van der Waals surface area contributed by atoms with Crippen molar-refractivity contribution >= 4 is 27.5 Å². The van der Waals surface area contributed by atoms with Crippen LogP contribution < -0.4 is 10.6 Å². The van der Waals surface area contributed by atoms with Crippen LogP contribution in [0.4, 0.5) is 5.69 Å². The lowest BCUT2D eigenvalue weighted by molar-refractivity contribution is -0.0258. The van der Waals surface area contributed by atoms with Crippen molar-refractivity contribution in [1.29, 1.82) is 0 Å². The molecule has 156 valence electrons. The molecule has 0 aliphatic rings. The van der Waals surface area contributed by atoms with Crippen LogP contribution in [0, 0.1) is 0 Å². The number of nitrogens with one attached hydrogen (secondary N) is 2. The number of benzene rings is 2. The molecule has 2 aromatic carbocycles. The fraction of sp³-hybridized carbons (Fsp3) is 0.300. The molecular formula is C20H25N3O5S. The van der Waals surface area contributed by atoms with Gasteiger partial charge in [0.15, 0.2) is 0 Å². The molecule has 2 amide bonds. The number of hydroxylamine groups is 1. The highest BCUT2D eigenvalue weighted by Crippen LogP contribution is 2.18. The quantitative estimate of drug-likeness (QED) is 0.701. The van der Waals surface area contributed by atoms with E-state index in [0.29, 0.717) is 16.8 Å². The molecule has 0 saturated carbocycles. The van der Waals surface area contributed by atoms with Gasteiger partial charge in [0.25, 0.3) is 21.8 Å². The van der Waals surface area contributed by atoms with Crippen molar-refractivity contribution in [1.82, 2.24) is 9.79 Å². The number of hydrogen-bond acceptors (Lipinski definition) is 5. The van der Waals surface area contributed by atoms with E-state index in [9.17, 15) is 18.0 Å². The summed E-state index contributed by atoms with van der Waals surface area (Å²) in [5, 5.41) is 5.54. The zero-order chi connectivity index (χ0) is 21.8. The van der Waals surface area contributed by atoms with Crippen LogP contribution in [-0.2, 0) is 14.9 Å². The third-order valence-corrected chi connectivity index (χ3v) is 5.60. The summed E-state index contributed by atoms with van der Waals surface area (Å²) in [6.45, 7) is 5.66. The molecule has 0 unspecified atom stereocenters. The van der Waals surface area contributed by atoms with Gasteiger partial charge < -0.3 is 10.6 Å². The van der Waals surface area contributed by atoms with E-state index < -0.39 is 10.0 Å². The summed E-state index contributed by atoms with van der Waals surface area (Å²) in [5.74, 6) is -0.598. The van der Waals surface area contributed by atoms with Crippen LogP contribution in [0.15, 0.2) is 53.4 Å². The van der Waals surface area contributed by atoms with Crippen molar-refractivity contribution in [3.8, 4) is 0 Å². The Labute approximate surface area is 170 Å². The van der Waals surface area contributed by atoms with Gasteiger partial charge in [0.1, 0.15) is 0 Å². The van der Waals surface area contributed by atoms with Gasteiger partial charge in [-0.05, 0) is 69.3 Å². The molecule has 0 aliphatic carbocycles. The maximum atomic E-state index is 12.4. The van der Waals surface area contributed by atoms with Crippen LogP contribution in [0.5, 0.6) is 0 Å². The first kappa shape index (κ1) is 22.5. The number of carbonyl (C=O) groups is 2. The van der Waals surface area contributed by atoms with Gasteiger partial charge in [-0.3, -0.25) is 14.4 Å². The first-order chi connectivity index (χ1) is 13.4. The van der Waals surface area contributed by atoms with E-state index in [1.807, 2.05) is 20.8 Å². The molecule has 0 aliphatic heterocycles. The van der Waals surface area contributed by atoms with Crippen molar-refractivity contribution in [2.45, 2.75) is 31.2 Å². The second kappa shape index (κ2) is 8.73. The Balaban J connectivity index is 2.08. The first-order valence-electron chi connectivity index (χ1n) is 8.81. The lowest BCUT2D eigenvalue weighted by Gasteiger charge is -2.20. The van der Waals surface area contributed by atoms with Crippen molar-refractivity contribution in [3.63, 3.8) is 0 Å². The average molecular weight is 420 g/mol. The highest BCUT2D eigenvalue weighted by Gasteiger charge is 2.20. The third kappa shape index (κ3) is 5.86. The van der Waals surface area contributed by atoms with E-state index in [0.717, 1.165) is 4.47 Å². The molecule has 2 rings (SSSR count). The molecule has 0 saturated heterocycles. The predicted octanol–water partition coefficient (Wildman–Crippen LogP) is 2.65. The van der Waals surface area contributed by atoms with E-state index in [1.165, 1.54) is 38.4 Å². The molecule has 0 atom stereocenters. The van der Waals surface area contributed by atoms with Crippen molar-refractivity contribution < 1.29 is 22.8 Å². The molecule has 0 aromatic heterocycles. The molecule has 9 heteroatoms. The van der Waals surface area contributed by atoms with E-state index in [-0.39, 0.29) is 22.2 Å². The van der Waals surface area contributed by atoms with Crippen LogP contribution in [0.1, 0.15) is 41.5 Å². The average Bonchev–Trinajstić information content (AvgIpc) is 2.66. The van der Waals surface area contributed by atoms with Gasteiger partial charge in [0, 0.05) is 29.4 Å². The number of nitrogens with zero attached hydrogens (tertiary/aromatic N) is 1. The Kier molecular flexibility index (Phi) is 6.78. The van der Waals surface area contributed by atoms with Gasteiger partial charge >= 0.3 is 0 Å². The largest absolute Gasteiger partial charge is 0.347 e. The molecule has 0 heterocycles. The van der Waals surface area contributed by atoms with Crippen molar-refractivity contribution in [3.05, 3.63) is 59.7 Å². The highest BCUT2D eigenvalue weighted by atomic mass is 32.2. The molecule has 2 aromatic rings. The van der Waals surface area contributed by atoms with E-state index in [2.05, 4.69) is 10.6 Å². The number of amides is 2. The lowest BCUT2D eigenvalue weighted by Crippen LogP contribution is -2.40. The zero-order valence-electron chi connectivity index (χ0n) is 17.0. The second-order valence-electron chi connectivity index (χ2n) is 7.36. The van der Waals surface area contributed by atoms with Crippen LogP contribution in [0.25, 0.3) is 0 Å². The van der Waals surface area contributed by atoms with Crippen LogP contribution >= 0.6 is 0 Å². The maximum Gasteiger partial charge on any atom is 0.264 e. The summed E-state index contributed by atoms with van der Waals surface area (Å²) in [6.07, 6.45) is 0. The monoisotopic (exact) mass is 419 g/mol. The molecule has 2 N–H and O–H groups in total. The van der Waals surface area contributed by atoms with Gasteiger partial charge in [-0.15, -0.1) is 0 Å².